The fraction of sp³-hybridized carbons (Fsp3) is 0.200. The third-order valence-electron chi connectivity index (χ3n) is 3.13. The van der Waals surface area contributed by atoms with E-state index in [-0.39, 0.29) is 5.75 Å². The Morgan fingerprint density at radius 3 is 2.15 bits per heavy atom. The normalized spacial score (nSPS) is 14.0. The van der Waals surface area contributed by atoms with Crippen LogP contribution in [0.4, 0.5) is 0 Å². The quantitative estimate of drug-likeness (QED) is 0.735. The van der Waals surface area contributed by atoms with Crippen molar-refractivity contribution in [2.75, 3.05) is 0 Å². The Bertz CT molecular complexity index is 567. The number of aliphatic hydroxyl groups is 1. The number of nitrogens with two attached hydrogens (primary N) is 1. The Kier molecular flexibility index (Phi) is 5.21. The molecule has 0 unspecified atom stereocenters. The van der Waals surface area contributed by atoms with Crippen molar-refractivity contribution in [3.63, 3.8) is 0 Å². The highest BCUT2D eigenvalue weighted by Crippen LogP contribution is 2.35. The summed E-state index contributed by atoms with van der Waals surface area (Å²) in [5.41, 5.74) is 7.89. The molecule has 0 aliphatic carbocycles. The molecule has 0 fully saturated rings. The number of benzene rings is 2. The molecule has 0 aliphatic rings. The van der Waals surface area contributed by atoms with Crippen molar-refractivity contribution >= 4 is 31.9 Å². The minimum Gasteiger partial charge on any atom is -0.506 e. The van der Waals surface area contributed by atoms with Crippen LogP contribution in [0.5, 0.6) is 5.75 Å². The van der Waals surface area contributed by atoms with Crippen LogP contribution in [0.25, 0.3) is 0 Å². The van der Waals surface area contributed by atoms with Crippen LogP contribution >= 0.6 is 31.9 Å². The maximum atomic E-state index is 10.3. The van der Waals surface area contributed by atoms with Gasteiger partial charge in [-0.25, -0.2) is 0 Å². The van der Waals surface area contributed by atoms with Crippen LogP contribution in [0, 0.1) is 0 Å². The lowest BCUT2D eigenvalue weighted by Crippen LogP contribution is -2.28. The largest absolute Gasteiger partial charge is 0.506 e. The molecule has 2 atom stereocenters. The van der Waals surface area contributed by atoms with Crippen molar-refractivity contribution in [3.8, 4) is 5.75 Å². The predicted octanol–water partition coefficient (Wildman–Crippen LogP) is 3.52. The van der Waals surface area contributed by atoms with E-state index in [4.69, 9.17) is 5.73 Å². The van der Waals surface area contributed by atoms with Gasteiger partial charge in [0.2, 0.25) is 0 Å². The van der Waals surface area contributed by atoms with E-state index in [2.05, 4.69) is 31.9 Å². The Balaban J connectivity index is 2.16. The van der Waals surface area contributed by atoms with E-state index in [1.807, 2.05) is 30.3 Å². The zero-order chi connectivity index (χ0) is 14.7. The molecule has 2 rings (SSSR count). The molecule has 0 aliphatic heterocycles. The molecule has 0 saturated heterocycles. The second kappa shape index (κ2) is 6.72. The Labute approximate surface area is 134 Å². The molecule has 5 heteroatoms. The lowest BCUT2D eigenvalue weighted by Gasteiger charge is -2.20. The molecule has 0 aromatic heterocycles. The summed E-state index contributed by atoms with van der Waals surface area (Å²) in [6.45, 7) is 0. The summed E-state index contributed by atoms with van der Waals surface area (Å²) in [7, 11) is 0. The first kappa shape index (κ1) is 15.5. The predicted molar refractivity (Wildman–Crippen MR) is 86.6 cm³/mol. The van der Waals surface area contributed by atoms with Crippen LogP contribution in [0.1, 0.15) is 17.2 Å². The Morgan fingerprint density at radius 2 is 1.60 bits per heavy atom. The number of aliphatic hydroxyl groups excluding tert-OH is 1. The van der Waals surface area contributed by atoms with Gasteiger partial charge in [-0.1, -0.05) is 30.3 Å². The minimum absolute atomic E-state index is 0.124. The molecule has 0 saturated carbocycles. The van der Waals surface area contributed by atoms with Crippen molar-refractivity contribution in [2.45, 2.75) is 18.6 Å². The second-order valence-electron chi connectivity index (χ2n) is 4.62. The van der Waals surface area contributed by atoms with E-state index in [1.54, 1.807) is 12.1 Å². The molecule has 0 bridgehead atoms. The number of halogens is 2. The molecule has 4 N–H and O–H groups in total. The first-order valence-corrected chi connectivity index (χ1v) is 7.73. The number of hydrogen-bond donors (Lipinski definition) is 3. The van der Waals surface area contributed by atoms with Gasteiger partial charge >= 0.3 is 0 Å². The number of phenols is 1. The number of aromatic hydroxyl groups is 1. The molecule has 0 radical (unpaired) electrons. The standard InChI is InChI=1S/C15H15Br2NO2/c16-11-7-10(8-12(17)15(11)20)14(18)13(19)6-9-4-2-1-3-5-9/h1-5,7-8,13-14,19-20H,6,18H2/t13-,14+/m1/s1. The highest BCUT2D eigenvalue weighted by Gasteiger charge is 2.19. The lowest BCUT2D eigenvalue weighted by molar-refractivity contribution is 0.145. The fourth-order valence-corrected chi connectivity index (χ4v) is 3.20. The van der Waals surface area contributed by atoms with Crippen molar-refractivity contribution in [2.24, 2.45) is 5.73 Å². The van der Waals surface area contributed by atoms with E-state index in [9.17, 15) is 10.2 Å². The van der Waals surface area contributed by atoms with E-state index in [0.717, 1.165) is 11.1 Å². The lowest BCUT2D eigenvalue weighted by atomic mass is 9.97. The summed E-state index contributed by atoms with van der Waals surface area (Å²) in [5.74, 6) is 0.124. The number of hydrogen-bond acceptors (Lipinski definition) is 3. The first-order chi connectivity index (χ1) is 9.49. The summed E-state index contributed by atoms with van der Waals surface area (Å²) >= 11 is 6.53. The number of phenolic OH excluding ortho intramolecular Hbond substituents is 1. The summed E-state index contributed by atoms with van der Waals surface area (Å²) in [6, 6.07) is 12.6. The molecule has 106 valence electrons. The molecule has 3 nitrogen and oxygen atoms in total. The maximum absolute atomic E-state index is 10.3. The van der Waals surface area contributed by atoms with E-state index < -0.39 is 12.1 Å². The zero-order valence-electron chi connectivity index (χ0n) is 10.6. The van der Waals surface area contributed by atoms with Gasteiger partial charge in [-0.2, -0.15) is 0 Å². The summed E-state index contributed by atoms with van der Waals surface area (Å²) < 4.78 is 1.09. The van der Waals surface area contributed by atoms with Crippen molar-refractivity contribution in [1.82, 2.24) is 0 Å². The van der Waals surface area contributed by atoms with Gasteiger partial charge in [-0.05, 0) is 55.1 Å². The molecular weight excluding hydrogens is 386 g/mol. The molecular formula is C15H15Br2NO2. The van der Waals surface area contributed by atoms with Crippen LogP contribution in [0.3, 0.4) is 0 Å². The van der Waals surface area contributed by atoms with Gasteiger partial charge in [-0.3, -0.25) is 0 Å². The average molecular weight is 401 g/mol. The van der Waals surface area contributed by atoms with Crippen LogP contribution in [0.2, 0.25) is 0 Å². The molecule has 0 spiro atoms. The molecule has 2 aromatic carbocycles. The highest BCUT2D eigenvalue weighted by atomic mass is 79.9. The molecule has 2 aromatic rings. The van der Waals surface area contributed by atoms with E-state index in [1.165, 1.54) is 0 Å². The second-order valence-corrected chi connectivity index (χ2v) is 6.32. The molecule has 20 heavy (non-hydrogen) atoms. The van der Waals surface area contributed by atoms with Crippen LogP contribution in [-0.2, 0) is 6.42 Å². The fourth-order valence-electron chi connectivity index (χ4n) is 1.98. The third kappa shape index (κ3) is 3.61. The number of rotatable bonds is 4. The van der Waals surface area contributed by atoms with Gasteiger partial charge in [0.15, 0.2) is 0 Å². The Hall–Kier alpha value is -0.880. The molecule has 0 heterocycles. The van der Waals surface area contributed by atoms with E-state index >= 15 is 0 Å². The van der Waals surface area contributed by atoms with Gasteiger partial charge in [0.25, 0.3) is 0 Å². The summed E-state index contributed by atoms with van der Waals surface area (Å²) in [5, 5.41) is 19.9. The maximum Gasteiger partial charge on any atom is 0.143 e. The van der Waals surface area contributed by atoms with Crippen LogP contribution in [0.15, 0.2) is 51.4 Å². The topological polar surface area (TPSA) is 66.5 Å². The van der Waals surface area contributed by atoms with Gasteiger partial charge in [0.05, 0.1) is 21.1 Å². The third-order valence-corrected chi connectivity index (χ3v) is 4.34. The van der Waals surface area contributed by atoms with Crippen LogP contribution < -0.4 is 5.73 Å². The first-order valence-electron chi connectivity index (χ1n) is 6.14. The smallest absolute Gasteiger partial charge is 0.143 e. The SMILES string of the molecule is N[C@@H](c1cc(Br)c(O)c(Br)c1)[C@H](O)Cc1ccccc1. The van der Waals surface area contributed by atoms with Gasteiger partial charge < -0.3 is 15.9 Å². The van der Waals surface area contributed by atoms with Crippen molar-refractivity contribution in [3.05, 3.63) is 62.5 Å². The van der Waals surface area contributed by atoms with Crippen molar-refractivity contribution < 1.29 is 10.2 Å². The highest BCUT2D eigenvalue weighted by molar-refractivity contribution is 9.11. The van der Waals surface area contributed by atoms with E-state index in [0.29, 0.717) is 15.4 Å². The minimum atomic E-state index is -0.694. The summed E-state index contributed by atoms with van der Waals surface area (Å²) in [4.78, 5) is 0. The monoisotopic (exact) mass is 399 g/mol. The van der Waals surface area contributed by atoms with Gasteiger partial charge in [-0.15, -0.1) is 0 Å². The molecule has 0 amide bonds. The Morgan fingerprint density at radius 1 is 1.05 bits per heavy atom. The van der Waals surface area contributed by atoms with Gasteiger partial charge in [0, 0.05) is 6.42 Å². The van der Waals surface area contributed by atoms with Crippen LogP contribution in [-0.4, -0.2) is 16.3 Å². The summed E-state index contributed by atoms with van der Waals surface area (Å²) in [6.07, 6.45) is -0.210. The van der Waals surface area contributed by atoms with Crippen molar-refractivity contribution in [1.29, 1.82) is 0 Å². The zero-order valence-corrected chi connectivity index (χ0v) is 13.8. The van der Waals surface area contributed by atoms with Gasteiger partial charge in [0.1, 0.15) is 5.75 Å². The average Bonchev–Trinajstić information content (AvgIpc) is 2.44.